The standard InChI is InChI=1S/C19H19ClN2O3S/c1-25-18-8-10-19(11-9-18)26(23,24)21-13-17-3-2-12-22(17)14-15-4-6-16(20)7-5-15/h2-12,21H,13-14H2,1H3. The summed E-state index contributed by atoms with van der Waals surface area (Å²) < 4.78 is 34.6. The number of methoxy groups -OCH3 is 1. The van der Waals surface area contributed by atoms with E-state index in [1.165, 1.54) is 19.2 Å². The largest absolute Gasteiger partial charge is 0.497 e. The van der Waals surface area contributed by atoms with E-state index in [9.17, 15) is 8.42 Å². The van der Waals surface area contributed by atoms with Crippen molar-refractivity contribution in [1.82, 2.24) is 9.29 Å². The molecule has 1 aromatic heterocycles. The molecule has 7 heteroatoms. The summed E-state index contributed by atoms with van der Waals surface area (Å²) >= 11 is 5.91. The van der Waals surface area contributed by atoms with Gasteiger partial charge < -0.3 is 9.30 Å². The lowest BCUT2D eigenvalue weighted by Crippen LogP contribution is -2.24. The highest BCUT2D eigenvalue weighted by Gasteiger charge is 2.14. The summed E-state index contributed by atoms with van der Waals surface area (Å²) in [4.78, 5) is 0.203. The predicted molar refractivity (Wildman–Crippen MR) is 102 cm³/mol. The number of halogens is 1. The fraction of sp³-hybridized carbons (Fsp3) is 0.158. The Balaban J connectivity index is 1.69. The molecule has 0 amide bonds. The molecule has 0 aliphatic rings. The van der Waals surface area contributed by atoms with E-state index in [2.05, 4.69) is 4.72 Å². The normalized spacial score (nSPS) is 11.5. The van der Waals surface area contributed by atoms with Gasteiger partial charge in [0, 0.05) is 23.5 Å². The third kappa shape index (κ3) is 4.46. The summed E-state index contributed by atoms with van der Waals surface area (Å²) in [6.45, 7) is 0.846. The van der Waals surface area contributed by atoms with Crippen LogP contribution in [0.15, 0.2) is 71.8 Å². The molecule has 1 heterocycles. The van der Waals surface area contributed by atoms with E-state index in [4.69, 9.17) is 16.3 Å². The van der Waals surface area contributed by atoms with Crippen LogP contribution in [0.25, 0.3) is 0 Å². The lowest BCUT2D eigenvalue weighted by molar-refractivity contribution is 0.414. The van der Waals surface area contributed by atoms with E-state index in [-0.39, 0.29) is 11.4 Å². The Kier molecular flexibility index (Phi) is 5.66. The molecule has 3 rings (SSSR count). The zero-order valence-corrected chi connectivity index (χ0v) is 15.8. The third-order valence-electron chi connectivity index (χ3n) is 4.00. The van der Waals surface area contributed by atoms with Crippen LogP contribution < -0.4 is 9.46 Å². The van der Waals surface area contributed by atoms with Crippen LogP contribution in [0.3, 0.4) is 0 Å². The van der Waals surface area contributed by atoms with Crippen LogP contribution >= 0.6 is 11.6 Å². The minimum atomic E-state index is -3.59. The Bertz CT molecular complexity index is 965. The molecule has 1 N–H and O–H groups in total. The molecular formula is C19H19ClN2O3S. The van der Waals surface area contributed by atoms with E-state index in [0.717, 1.165) is 11.3 Å². The monoisotopic (exact) mass is 390 g/mol. The first-order chi connectivity index (χ1) is 12.5. The van der Waals surface area contributed by atoms with Gasteiger partial charge in [0.1, 0.15) is 5.75 Å². The summed E-state index contributed by atoms with van der Waals surface area (Å²) in [5, 5.41) is 0.689. The van der Waals surface area contributed by atoms with E-state index in [1.807, 2.05) is 47.2 Å². The second-order valence-corrected chi connectivity index (χ2v) is 7.96. The molecule has 0 bridgehead atoms. The van der Waals surface area contributed by atoms with Crippen molar-refractivity contribution >= 4 is 21.6 Å². The van der Waals surface area contributed by atoms with Crippen molar-refractivity contribution < 1.29 is 13.2 Å². The van der Waals surface area contributed by atoms with Gasteiger partial charge in [-0.1, -0.05) is 23.7 Å². The third-order valence-corrected chi connectivity index (χ3v) is 5.67. The van der Waals surface area contributed by atoms with Gasteiger partial charge in [0.15, 0.2) is 0 Å². The van der Waals surface area contributed by atoms with Crippen LogP contribution in [0.4, 0.5) is 0 Å². The first-order valence-electron chi connectivity index (χ1n) is 8.00. The Morgan fingerprint density at radius 1 is 1.04 bits per heavy atom. The molecule has 136 valence electrons. The molecule has 0 saturated heterocycles. The first kappa shape index (κ1) is 18.5. The fourth-order valence-corrected chi connectivity index (χ4v) is 3.68. The lowest BCUT2D eigenvalue weighted by atomic mass is 10.2. The van der Waals surface area contributed by atoms with Crippen molar-refractivity contribution in [1.29, 1.82) is 0 Å². The van der Waals surface area contributed by atoms with Crippen molar-refractivity contribution in [2.45, 2.75) is 18.0 Å². The number of benzene rings is 2. The van der Waals surface area contributed by atoms with Gasteiger partial charge in [-0.2, -0.15) is 0 Å². The molecule has 0 spiro atoms. The van der Waals surface area contributed by atoms with E-state index < -0.39 is 10.0 Å². The number of nitrogens with one attached hydrogen (secondary N) is 1. The average Bonchev–Trinajstić information content (AvgIpc) is 3.09. The molecule has 5 nitrogen and oxygen atoms in total. The van der Waals surface area contributed by atoms with Gasteiger partial charge in [-0.05, 0) is 54.1 Å². The van der Waals surface area contributed by atoms with Gasteiger partial charge in [0.2, 0.25) is 10.0 Å². The molecule has 2 aromatic carbocycles. The van der Waals surface area contributed by atoms with Gasteiger partial charge in [-0.3, -0.25) is 0 Å². The average molecular weight is 391 g/mol. The molecule has 0 radical (unpaired) electrons. The summed E-state index contributed by atoms with van der Waals surface area (Å²) in [5.74, 6) is 0.612. The molecule has 0 unspecified atom stereocenters. The van der Waals surface area contributed by atoms with E-state index >= 15 is 0 Å². The van der Waals surface area contributed by atoms with Crippen molar-refractivity contribution in [2.75, 3.05) is 7.11 Å². The highest BCUT2D eigenvalue weighted by atomic mass is 35.5. The van der Waals surface area contributed by atoms with Gasteiger partial charge >= 0.3 is 0 Å². The number of rotatable bonds is 7. The lowest BCUT2D eigenvalue weighted by Gasteiger charge is -2.11. The Hall–Kier alpha value is -2.28. The minimum absolute atomic E-state index is 0.203. The van der Waals surface area contributed by atoms with Gasteiger partial charge in [0.05, 0.1) is 18.6 Å². The van der Waals surface area contributed by atoms with Gasteiger partial charge in [0.25, 0.3) is 0 Å². The molecule has 3 aromatic rings. The predicted octanol–water partition coefficient (Wildman–Crippen LogP) is 3.68. The van der Waals surface area contributed by atoms with Crippen molar-refractivity contribution in [3.63, 3.8) is 0 Å². The maximum Gasteiger partial charge on any atom is 0.240 e. The summed E-state index contributed by atoms with van der Waals surface area (Å²) in [5.41, 5.74) is 1.96. The quantitative estimate of drug-likeness (QED) is 0.669. The second-order valence-electron chi connectivity index (χ2n) is 5.75. The van der Waals surface area contributed by atoms with Crippen LogP contribution in [0, 0.1) is 0 Å². The topological polar surface area (TPSA) is 60.3 Å². The summed E-state index contributed by atoms with van der Waals surface area (Å²) in [7, 11) is -2.05. The van der Waals surface area contributed by atoms with Crippen LogP contribution in [0.1, 0.15) is 11.3 Å². The SMILES string of the molecule is COc1ccc(S(=O)(=O)NCc2cccn2Cc2ccc(Cl)cc2)cc1. The van der Waals surface area contributed by atoms with Crippen LogP contribution in [0.5, 0.6) is 5.75 Å². The fourth-order valence-electron chi connectivity index (χ4n) is 2.56. The number of hydrogen-bond donors (Lipinski definition) is 1. The number of aromatic nitrogens is 1. The number of hydrogen-bond acceptors (Lipinski definition) is 3. The van der Waals surface area contributed by atoms with E-state index in [0.29, 0.717) is 17.3 Å². The first-order valence-corrected chi connectivity index (χ1v) is 9.86. The second kappa shape index (κ2) is 7.95. The zero-order valence-electron chi connectivity index (χ0n) is 14.2. The Morgan fingerprint density at radius 3 is 2.38 bits per heavy atom. The van der Waals surface area contributed by atoms with Gasteiger partial charge in [-0.15, -0.1) is 0 Å². The number of ether oxygens (including phenoxy) is 1. The summed E-state index contributed by atoms with van der Waals surface area (Å²) in [6, 6.07) is 17.7. The molecule has 0 atom stereocenters. The Labute approximate surface area is 158 Å². The zero-order chi connectivity index (χ0) is 18.6. The van der Waals surface area contributed by atoms with Crippen molar-refractivity contribution in [3.8, 4) is 5.75 Å². The molecule has 0 aliphatic heterocycles. The number of sulfonamides is 1. The van der Waals surface area contributed by atoms with Crippen LogP contribution in [-0.4, -0.2) is 20.1 Å². The summed E-state index contributed by atoms with van der Waals surface area (Å²) in [6.07, 6.45) is 1.92. The molecule has 0 fully saturated rings. The highest BCUT2D eigenvalue weighted by molar-refractivity contribution is 7.89. The number of nitrogens with zero attached hydrogens (tertiary/aromatic N) is 1. The Morgan fingerprint density at radius 2 is 1.73 bits per heavy atom. The van der Waals surface area contributed by atoms with Gasteiger partial charge in [-0.25, -0.2) is 13.1 Å². The van der Waals surface area contributed by atoms with E-state index in [1.54, 1.807) is 12.1 Å². The molecule has 26 heavy (non-hydrogen) atoms. The minimum Gasteiger partial charge on any atom is -0.497 e. The van der Waals surface area contributed by atoms with Crippen molar-refractivity contribution in [2.24, 2.45) is 0 Å². The van der Waals surface area contributed by atoms with Crippen LogP contribution in [0.2, 0.25) is 5.02 Å². The molecular weight excluding hydrogens is 372 g/mol. The smallest absolute Gasteiger partial charge is 0.240 e. The highest BCUT2D eigenvalue weighted by Crippen LogP contribution is 2.16. The van der Waals surface area contributed by atoms with Crippen LogP contribution in [-0.2, 0) is 23.1 Å². The maximum absolute atomic E-state index is 12.5. The molecule has 0 saturated carbocycles. The molecule has 0 aliphatic carbocycles. The van der Waals surface area contributed by atoms with Crippen molar-refractivity contribution in [3.05, 3.63) is 83.1 Å². The maximum atomic E-state index is 12.5.